The van der Waals surface area contributed by atoms with Gasteiger partial charge in [0.2, 0.25) is 11.8 Å². The lowest BCUT2D eigenvalue weighted by molar-refractivity contribution is -0.0767. The molecule has 4 aromatic carbocycles. The van der Waals surface area contributed by atoms with Crippen molar-refractivity contribution in [1.82, 2.24) is 19.5 Å². The molecule has 3 heterocycles. The van der Waals surface area contributed by atoms with Crippen LogP contribution < -0.4 is 10.1 Å². The Bertz CT molecular complexity index is 2510. The quantitative estimate of drug-likeness (QED) is 0.0562. The first kappa shape index (κ1) is 41.7. The highest BCUT2D eigenvalue weighted by Gasteiger charge is 2.47. The predicted molar refractivity (Wildman–Crippen MR) is 238 cm³/mol. The van der Waals surface area contributed by atoms with Gasteiger partial charge in [-0.05, 0) is 85.8 Å². The lowest BCUT2D eigenvalue weighted by Gasteiger charge is -2.40. The van der Waals surface area contributed by atoms with Crippen molar-refractivity contribution in [2.24, 2.45) is 0 Å². The van der Waals surface area contributed by atoms with Crippen LogP contribution in [0.4, 0.5) is 5.95 Å². The second kappa shape index (κ2) is 14.9. The van der Waals surface area contributed by atoms with Gasteiger partial charge in [0.15, 0.2) is 27.8 Å². The van der Waals surface area contributed by atoms with E-state index in [4.69, 9.17) is 33.3 Å². The predicted octanol–water partition coefficient (Wildman–Crippen LogP) is 8.91. The lowest BCUT2D eigenvalue weighted by Crippen LogP contribution is -2.48. The molecule has 7 atom stereocenters. The highest BCUT2D eigenvalue weighted by Crippen LogP contribution is 2.47. The minimum absolute atomic E-state index is 0.00924. The summed E-state index contributed by atoms with van der Waals surface area (Å²) < 4.78 is 28.7. The van der Waals surface area contributed by atoms with Gasteiger partial charge in [0.05, 0.1) is 25.1 Å². The number of nitrogens with one attached hydrogen (secondary N) is 1. The monoisotopic (exact) mass is 837 g/mol. The zero-order valence-electron chi connectivity index (χ0n) is 35.9. The van der Waals surface area contributed by atoms with E-state index in [1.165, 1.54) is 0 Å². The van der Waals surface area contributed by atoms with Crippen molar-refractivity contribution in [2.45, 2.75) is 127 Å². The summed E-state index contributed by atoms with van der Waals surface area (Å²) in [4.78, 5) is 14.5. The third kappa shape index (κ3) is 7.24. The van der Waals surface area contributed by atoms with E-state index in [0.29, 0.717) is 35.3 Å². The molecule has 1 aliphatic heterocycles. The molecule has 8 rings (SSSR count). The van der Waals surface area contributed by atoms with E-state index < -0.39 is 47.2 Å². The summed E-state index contributed by atoms with van der Waals surface area (Å²) >= 11 is 0. The van der Waals surface area contributed by atoms with E-state index in [1.54, 1.807) is 12.4 Å². The molecule has 0 bridgehead atoms. The summed E-state index contributed by atoms with van der Waals surface area (Å²) in [7, 11) is -4.32. The van der Waals surface area contributed by atoms with Gasteiger partial charge in [-0.15, -0.1) is 0 Å². The minimum atomic E-state index is -2.21. The summed E-state index contributed by atoms with van der Waals surface area (Å²) in [5, 5.41) is 44.0. The first-order valence-electron chi connectivity index (χ1n) is 20.7. The van der Waals surface area contributed by atoms with Crippen LogP contribution in [0.3, 0.4) is 0 Å². The maximum Gasteiger partial charge on any atom is 0.247 e. The summed E-state index contributed by atoms with van der Waals surface area (Å²) in [6, 6.07) is 15.4. The van der Waals surface area contributed by atoms with Gasteiger partial charge < -0.3 is 39.0 Å². The SMILES string of the molecule is C=CCOc1nc(N[C@H]2c3c(cc4ccc5cccc6ccc3c4c56)[C@@H](O)[C@H](O)[C@@H]2O)nc2c1ncn2[C@H]1C[C@H](O[Si](C)(C)C(C)(C)C)[C@@H](CO[Si](C)(C)C(C)(C)C)O1. The van der Waals surface area contributed by atoms with Crippen LogP contribution in [0, 0.1) is 0 Å². The molecule has 0 amide bonds. The van der Waals surface area contributed by atoms with E-state index in [-0.39, 0.29) is 40.7 Å². The number of aliphatic hydroxyl groups is 3. The molecule has 6 aromatic rings. The molecule has 12 nitrogen and oxygen atoms in total. The zero-order valence-corrected chi connectivity index (χ0v) is 37.9. The molecule has 0 saturated carbocycles. The van der Waals surface area contributed by atoms with Crippen molar-refractivity contribution in [3.05, 3.63) is 78.6 Å². The molecule has 1 aliphatic carbocycles. The molecule has 2 aromatic heterocycles. The first-order chi connectivity index (χ1) is 27.7. The van der Waals surface area contributed by atoms with E-state index >= 15 is 0 Å². The third-order valence-electron chi connectivity index (χ3n) is 13.5. The molecule has 14 heteroatoms. The molecule has 59 heavy (non-hydrogen) atoms. The fraction of sp³-hybridized carbons (Fsp3) is 0.489. The molecule has 0 unspecified atom stereocenters. The van der Waals surface area contributed by atoms with Gasteiger partial charge in [0.25, 0.3) is 0 Å². The van der Waals surface area contributed by atoms with Crippen LogP contribution >= 0.6 is 0 Å². The molecule has 0 spiro atoms. The van der Waals surface area contributed by atoms with Gasteiger partial charge in [-0.2, -0.15) is 9.97 Å². The number of aliphatic hydroxyl groups excluding tert-OH is 3. The van der Waals surface area contributed by atoms with Crippen LogP contribution in [0.15, 0.2) is 67.5 Å². The van der Waals surface area contributed by atoms with Crippen molar-refractivity contribution in [1.29, 1.82) is 0 Å². The highest BCUT2D eigenvalue weighted by atomic mass is 28.4. The van der Waals surface area contributed by atoms with Gasteiger partial charge in [-0.3, -0.25) is 4.57 Å². The Labute approximate surface area is 348 Å². The van der Waals surface area contributed by atoms with Gasteiger partial charge in [-0.25, -0.2) is 4.98 Å². The minimum Gasteiger partial charge on any atom is -0.472 e. The topological polar surface area (TPSA) is 153 Å². The maximum atomic E-state index is 11.8. The second-order valence-electron chi connectivity index (χ2n) is 19.4. The van der Waals surface area contributed by atoms with E-state index in [1.807, 2.05) is 28.8 Å². The molecule has 314 valence electrons. The highest BCUT2D eigenvalue weighted by molar-refractivity contribution is 6.74. The number of aromatic nitrogens is 4. The van der Waals surface area contributed by atoms with Crippen molar-refractivity contribution in [3.8, 4) is 5.88 Å². The molecule has 2 aliphatic rings. The fourth-order valence-electron chi connectivity index (χ4n) is 8.09. The summed E-state index contributed by atoms with van der Waals surface area (Å²) in [5.74, 6) is 0.370. The smallest absolute Gasteiger partial charge is 0.247 e. The molecule has 1 saturated heterocycles. The number of anilines is 1. The second-order valence-corrected chi connectivity index (χ2v) is 29.0. The molecular formula is C45H59N5O7Si2. The zero-order chi connectivity index (χ0) is 42.4. The van der Waals surface area contributed by atoms with Crippen LogP contribution in [0.5, 0.6) is 5.88 Å². The van der Waals surface area contributed by atoms with E-state index in [9.17, 15) is 15.3 Å². The van der Waals surface area contributed by atoms with Crippen LogP contribution in [0.2, 0.25) is 36.3 Å². The summed E-state index contributed by atoms with van der Waals surface area (Å²) in [6.45, 7) is 26.8. The Morgan fingerprint density at radius 2 is 1.58 bits per heavy atom. The Morgan fingerprint density at radius 1 is 0.898 bits per heavy atom. The van der Waals surface area contributed by atoms with Crippen molar-refractivity contribution < 1.29 is 33.6 Å². The van der Waals surface area contributed by atoms with Gasteiger partial charge >= 0.3 is 0 Å². The van der Waals surface area contributed by atoms with Crippen LogP contribution in [0.25, 0.3) is 43.5 Å². The van der Waals surface area contributed by atoms with Crippen molar-refractivity contribution in [2.75, 3.05) is 18.5 Å². The fourth-order valence-corrected chi connectivity index (χ4v) is 10.5. The normalized spacial score (nSPS) is 24.4. The Balaban J connectivity index is 1.20. The van der Waals surface area contributed by atoms with E-state index in [0.717, 1.165) is 32.3 Å². The third-order valence-corrected chi connectivity index (χ3v) is 22.5. The number of fused-ring (bicyclic) bond motifs is 3. The average molecular weight is 838 g/mol. The van der Waals surface area contributed by atoms with Crippen molar-refractivity contribution >= 4 is 66.1 Å². The van der Waals surface area contributed by atoms with Gasteiger partial charge in [0.1, 0.15) is 37.3 Å². The summed E-state index contributed by atoms with van der Waals surface area (Å²) in [6.07, 6.45) is -1.36. The average Bonchev–Trinajstić information content (AvgIpc) is 3.78. The van der Waals surface area contributed by atoms with Crippen molar-refractivity contribution in [3.63, 3.8) is 0 Å². The number of imidazole rings is 1. The largest absolute Gasteiger partial charge is 0.472 e. The number of ether oxygens (including phenoxy) is 2. The maximum absolute atomic E-state index is 11.8. The summed E-state index contributed by atoms with van der Waals surface area (Å²) in [5.41, 5.74) is 2.09. The lowest BCUT2D eigenvalue weighted by atomic mass is 9.77. The molecule has 4 N–H and O–H groups in total. The van der Waals surface area contributed by atoms with Crippen LogP contribution in [-0.2, 0) is 13.6 Å². The number of benzene rings is 4. The number of hydrogen-bond acceptors (Lipinski definition) is 11. The van der Waals surface area contributed by atoms with E-state index in [2.05, 4.69) is 104 Å². The Kier molecular flexibility index (Phi) is 10.5. The molecule has 0 radical (unpaired) electrons. The standard InChI is InChI=1S/C45H59N5O7Si2/c1-12-20-54-42-37-41(50(24-46-37)32-22-30(57-59(10,11)45(5,6)7)31(56-32)23-55-58(8,9)44(2,3)4)48-43(49-42)47-36-35-28-19-18-26-15-13-14-25-16-17-27(34(28)33(25)26)21-29(35)38(51)40(53)39(36)52/h12-19,21,24,30-32,36,38-40,51-53H,1,20,22-23H2,2-11H3,(H,47,48,49)/t30-,31+,32+,36-,38+,39+,40-/m0/s1. The number of hydrogen-bond donors (Lipinski definition) is 4. The Hall–Kier alpha value is -4.00. The number of rotatable bonds is 11. The van der Waals surface area contributed by atoms with Crippen LogP contribution in [-0.4, -0.2) is 89.1 Å². The molecule has 1 fully saturated rings. The van der Waals surface area contributed by atoms with Crippen LogP contribution in [0.1, 0.15) is 77.5 Å². The van der Waals surface area contributed by atoms with Gasteiger partial charge in [0, 0.05) is 6.42 Å². The number of nitrogens with zero attached hydrogens (tertiary/aromatic N) is 4. The Morgan fingerprint density at radius 3 is 2.25 bits per heavy atom. The first-order valence-corrected chi connectivity index (χ1v) is 26.5. The molecular weight excluding hydrogens is 779 g/mol. The van der Waals surface area contributed by atoms with Gasteiger partial charge in [-0.1, -0.05) is 96.7 Å².